The van der Waals surface area contributed by atoms with Crippen LogP contribution in [0.25, 0.3) is 0 Å². The SMILES string of the molecule is NC1CC2CC(C1)CN(c1ccncc1)C2. The smallest absolute Gasteiger partial charge is 0.0397 e. The molecule has 1 saturated heterocycles. The van der Waals surface area contributed by atoms with Crippen LogP contribution in [0.1, 0.15) is 19.3 Å². The van der Waals surface area contributed by atoms with Gasteiger partial charge < -0.3 is 10.6 Å². The van der Waals surface area contributed by atoms with Gasteiger partial charge in [0.25, 0.3) is 0 Å². The molecule has 2 heterocycles. The lowest BCUT2D eigenvalue weighted by Crippen LogP contribution is -2.47. The van der Waals surface area contributed by atoms with E-state index in [1.165, 1.54) is 38.0 Å². The number of pyridine rings is 1. The summed E-state index contributed by atoms with van der Waals surface area (Å²) in [4.78, 5) is 6.58. The van der Waals surface area contributed by atoms with E-state index in [0.29, 0.717) is 6.04 Å². The molecule has 86 valence electrons. The third-order valence-electron chi connectivity index (χ3n) is 3.92. The zero-order valence-electron chi connectivity index (χ0n) is 9.55. The molecule has 2 fully saturated rings. The normalized spacial score (nSPS) is 33.8. The highest BCUT2D eigenvalue weighted by Crippen LogP contribution is 2.35. The molecule has 0 spiro atoms. The van der Waals surface area contributed by atoms with E-state index < -0.39 is 0 Å². The van der Waals surface area contributed by atoms with Gasteiger partial charge in [0, 0.05) is 37.2 Å². The molecule has 2 bridgehead atoms. The molecule has 1 saturated carbocycles. The zero-order chi connectivity index (χ0) is 11.0. The van der Waals surface area contributed by atoms with Crippen molar-refractivity contribution in [2.45, 2.75) is 25.3 Å². The van der Waals surface area contributed by atoms with Crippen LogP contribution >= 0.6 is 0 Å². The lowest BCUT2D eigenvalue weighted by atomic mass is 9.75. The van der Waals surface area contributed by atoms with Crippen molar-refractivity contribution in [1.82, 2.24) is 4.98 Å². The van der Waals surface area contributed by atoms with Crippen molar-refractivity contribution in [1.29, 1.82) is 0 Å². The van der Waals surface area contributed by atoms with Crippen LogP contribution in [0.15, 0.2) is 24.5 Å². The molecule has 3 heteroatoms. The summed E-state index contributed by atoms with van der Waals surface area (Å²) in [6, 6.07) is 4.67. The summed E-state index contributed by atoms with van der Waals surface area (Å²) < 4.78 is 0. The monoisotopic (exact) mass is 217 g/mol. The molecule has 1 aliphatic carbocycles. The second kappa shape index (κ2) is 4.06. The molecular formula is C13H19N3. The summed E-state index contributed by atoms with van der Waals surface area (Å²) in [5, 5.41) is 0. The highest BCUT2D eigenvalue weighted by Gasteiger charge is 2.33. The van der Waals surface area contributed by atoms with Gasteiger partial charge in [-0.15, -0.1) is 0 Å². The van der Waals surface area contributed by atoms with Gasteiger partial charge in [-0.2, -0.15) is 0 Å². The van der Waals surface area contributed by atoms with Gasteiger partial charge in [-0.3, -0.25) is 4.98 Å². The van der Waals surface area contributed by atoms with E-state index in [9.17, 15) is 0 Å². The van der Waals surface area contributed by atoms with E-state index in [1.54, 1.807) is 0 Å². The molecule has 0 amide bonds. The standard InChI is InChI=1S/C13H19N3/c14-12-6-10-5-11(7-12)9-16(8-10)13-1-3-15-4-2-13/h1-4,10-12H,5-9,14H2. The molecule has 2 N–H and O–H groups in total. The quantitative estimate of drug-likeness (QED) is 0.777. The van der Waals surface area contributed by atoms with Crippen LogP contribution in [0.5, 0.6) is 0 Å². The fourth-order valence-corrected chi connectivity index (χ4v) is 3.38. The Labute approximate surface area is 96.7 Å². The zero-order valence-corrected chi connectivity index (χ0v) is 9.55. The number of nitrogens with zero attached hydrogens (tertiary/aromatic N) is 2. The van der Waals surface area contributed by atoms with Crippen molar-refractivity contribution in [3.05, 3.63) is 24.5 Å². The number of hydrogen-bond donors (Lipinski definition) is 1. The Kier molecular flexibility index (Phi) is 2.56. The largest absolute Gasteiger partial charge is 0.371 e. The molecule has 1 aromatic heterocycles. The maximum absolute atomic E-state index is 6.08. The van der Waals surface area contributed by atoms with Gasteiger partial charge >= 0.3 is 0 Å². The molecule has 0 radical (unpaired) electrons. The van der Waals surface area contributed by atoms with Crippen LogP contribution in [0.3, 0.4) is 0 Å². The topological polar surface area (TPSA) is 42.1 Å². The summed E-state index contributed by atoms with van der Waals surface area (Å²) in [5.74, 6) is 1.60. The number of piperidine rings is 1. The Morgan fingerprint density at radius 3 is 2.31 bits per heavy atom. The molecule has 2 aliphatic rings. The van der Waals surface area contributed by atoms with Crippen LogP contribution in [0, 0.1) is 11.8 Å². The summed E-state index contributed by atoms with van der Waals surface area (Å²) in [6.07, 6.45) is 7.56. The third-order valence-corrected chi connectivity index (χ3v) is 3.92. The second-order valence-electron chi connectivity index (χ2n) is 5.31. The average Bonchev–Trinajstić information content (AvgIpc) is 2.28. The molecule has 3 rings (SSSR count). The van der Waals surface area contributed by atoms with Gasteiger partial charge in [0.05, 0.1) is 0 Å². The first kappa shape index (κ1) is 10.1. The molecule has 3 nitrogen and oxygen atoms in total. The van der Waals surface area contributed by atoms with E-state index >= 15 is 0 Å². The number of rotatable bonds is 1. The Bertz CT molecular complexity index is 333. The lowest BCUT2D eigenvalue weighted by molar-refractivity contribution is 0.208. The van der Waals surface area contributed by atoms with Crippen molar-refractivity contribution in [2.75, 3.05) is 18.0 Å². The van der Waals surface area contributed by atoms with E-state index in [1.807, 2.05) is 12.4 Å². The Morgan fingerprint density at radius 2 is 1.69 bits per heavy atom. The summed E-state index contributed by atoms with van der Waals surface area (Å²) in [6.45, 7) is 2.35. The van der Waals surface area contributed by atoms with E-state index in [-0.39, 0.29) is 0 Å². The van der Waals surface area contributed by atoms with Crippen molar-refractivity contribution in [3.8, 4) is 0 Å². The molecule has 1 aliphatic heterocycles. The van der Waals surface area contributed by atoms with Gasteiger partial charge in [-0.05, 0) is 43.2 Å². The molecule has 2 atom stereocenters. The van der Waals surface area contributed by atoms with Crippen LogP contribution in [0.4, 0.5) is 5.69 Å². The van der Waals surface area contributed by atoms with Crippen molar-refractivity contribution in [2.24, 2.45) is 17.6 Å². The van der Waals surface area contributed by atoms with E-state index in [0.717, 1.165) is 11.8 Å². The summed E-state index contributed by atoms with van der Waals surface area (Å²) >= 11 is 0. The predicted octanol–water partition coefficient (Wildman–Crippen LogP) is 1.65. The Balaban J connectivity index is 1.76. The lowest BCUT2D eigenvalue weighted by Gasteiger charge is -2.44. The first-order valence-corrected chi connectivity index (χ1v) is 6.22. The van der Waals surface area contributed by atoms with Crippen LogP contribution in [-0.4, -0.2) is 24.1 Å². The van der Waals surface area contributed by atoms with Crippen molar-refractivity contribution < 1.29 is 0 Å². The van der Waals surface area contributed by atoms with Crippen molar-refractivity contribution >= 4 is 5.69 Å². The maximum Gasteiger partial charge on any atom is 0.0397 e. The van der Waals surface area contributed by atoms with Crippen LogP contribution < -0.4 is 10.6 Å². The first-order chi connectivity index (χ1) is 7.81. The first-order valence-electron chi connectivity index (χ1n) is 6.22. The predicted molar refractivity (Wildman–Crippen MR) is 65.3 cm³/mol. The second-order valence-corrected chi connectivity index (χ2v) is 5.31. The van der Waals surface area contributed by atoms with Crippen LogP contribution in [-0.2, 0) is 0 Å². The maximum atomic E-state index is 6.08. The third kappa shape index (κ3) is 1.92. The van der Waals surface area contributed by atoms with Gasteiger partial charge in [-0.25, -0.2) is 0 Å². The summed E-state index contributed by atoms with van der Waals surface area (Å²) in [5.41, 5.74) is 7.40. The van der Waals surface area contributed by atoms with Gasteiger partial charge in [0.15, 0.2) is 0 Å². The molecule has 1 aromatic rings. The van der Waals surface area contributed by atoms with Gasteiger partial charge in [0.2, 0.25) is 0 Å². The number of aromatic nitrogens is 1. The number of nitrogens with two attached hydrogens (primary N) is 1. The number of hydrogen-bond acceptors (Lipinski definition) is 3. The Morgan fingerprint density at radius 1 is 1.06 bits per heavy atom. The van der Waals surface area contributed by atoms with Crippen LogP contribution in [0.2, 0.25) is 0 Å². The average molecular weight is 217 g/mol. The fraction of sp³-hybridized carbons (Fsp3) is 0.615. The highest BCUT2D eigenvalue weighted by molar-refractivity contribution is 5.45. The minimum atomic E-state index is 0.448. The van der Waals surface area contributed by atoms with E-state index in [2.05, 4.69) is 22.0 Å². The van der Waals surface area contributed by atoms with Gasteiger partial charge in [-0.1, -0.05) is 0 Å². The van der Waals surface area contributed by atoms with Gasteiger partial charge in [0.1, 0.15) is 0 Å². The number of fused-ring (bicyclic) bond motifs is 2. The highest BCUT2D eigenvalue weighted by atomic mass is 15.1. The minimum absolute atomic E-state index is 0.448. The number of anilines is 1. The molecule has 16 heavy (non-hydrogen) atoms. The minimum Gasteiger partial charge on any atom is -0.371 e. The van der Waals surface area contributed by atoms with E-state index in [4.69, 9.17) is 5.73 Å². The summed E-state index contributed by atoms with van der Waals surface area (Å²) in [7, 11) is 0. The van der Waals surface area contributed by atoms with Crippen molar-refractivity contribution in [3.63, 3.8) is 0 Å². The fourth-order valence-electron chi connectivity index (χ4n) is 3.38. The Hall–Kier alpha value is -1.09. The molecular weight excluding hydrogens is 198 g/mol. The molecule has 0 aromatic carbocycles. The molecule has 2 unspecified atom stereocenters.